The molecule has 102 valence electrons. The van der Waals surface area contributed by atoms with Gasteiger partial charge in [-0.2, -0.15) is 0 Å². The van der Waals surface area contributed by atoms with Crippen molar-refractivity contribution < 1.29 is 4.74 Å². The number of methoxy groups -OCH3 is 1. The smallest absolute Gasteiger partial charge is 0.128 e. The summed E-state index contributed by atoms with van der Waals surface area (Å²) in [5.74, 6) is 2.30. The van der Waals surface area contributed by atoms with Gasteiger partial charge in [0, 0.05) is 18.0 Å². The minimum Gasteiger partial charge on any atom is -0.496 e. The maximum atomic E-state index is 5.38. The van der Waals surface area contributed by atoms with Gasteiger partial charge in [0.15, 0.2) is 0 Å². The molecule has 0 bridgehead atoms. The summed E-state index contributed by atoms with van der Waals surface area (Å²) in [5.41, 5.74) is 2.05. The van der Waals surface area contributed by atoms with Crippen LogP contribution in [0.4, 0.5) is 0 Å². The molecule has 0 spiro atoms. The van der Waals surface area contributed by atoms with E-state index in [1.165, 1.54) is 0 Å². The third-order valence-electron chi connectivity index (χ3n) is 3.32. The molecule has 1 atom stereocenters. The van der Waals surface area contributed by atoms with Crippen LogP contribution in [0.3, 0.4) is 0 Å². The number of ether oxygens (including phenoxy) is 1. The molecule has 1 aromatic carbocycles. The monoisotopic (exact) mass is 259 g/mol. The van der Waals surface area contributed by atoms with Crippen LogP contribution in [0.2, 0.25) is 0 Å². The molecule has 19 heavy (non-hydrogen) atoms. The van der Waals surface area contributed by atoms with E-state index in [0.29, 0.717) is 5.92 Å². The molecule has 1 aromatic heterocycles. The van der Waals surface area contributed by atoms with Crippen LogP contribution in [-0.4, -0.2) is 30.7 Å². The van der Waals surface area contributed by atoms with Crippen molar-refractivity contribution in [2.45, 2.75) is 19.3 Å². The van der Waals surface area contributed by atoms with Crippen molar-refractivity contribution in [3.8, 4) is 17.0 Å². The summed E-state index contributed by atoms with van der Waals surface area (Å²) in [6.07, 6.45) is 2.94. The molecule has 2 N–H and O–H groups in total. The van der Waals surface area contributed by atoms with Crippen molar-refractivity contribution >= 4 is 0 Å². The molecule has 2 aromatic rings. The molecule has 0 aliphatic rings. The zero-order valence-corrected chi connectivity index (χ0v) is 11.7. The van der Waals surface area contributed by atoms with Crippen LogP contribution in [0.5, 0.6) is 5.75 Å². The van der Waals surface area contributed by atoms with E-state index in [9.17, 15) is 0 Å². The van der Waals surface area contributed by atoms with Crippen LogP contribution in [-0.2, 0) is 0 Å². The fraction of sp³-hybridized carbons (Fsp3) is 0.400. The summed E-state index contributed by atoms with van der Waals surface area (Å²) < 4.78 is 5.38. The molecule has 0 aliphatic carbocycles. The molecule has 4 heteroatoms. The molecule has 0 aliphatic heterocycles. The predicted molar refractivity (Wildman–Crippen MR) is 77.5 cm³/mol. The predicted octanol–water partition coefficient (Wildman–Crippen LogP) is 2.80. The average Bonchev–Trinajstić information content (AvgIpc) is 2.94. The van der Waals surface area contributed by atoms with E-state index in [1.54, 1.807) is 7.11 Å². The second-order valence-corrected chi connectivity index (χ2v) is 4.55. The maximum Gasteiger partial charge on any atom is 0.128 e. The van der Waals surface area contributed by atoms with E-state index in [1.807, 2.05) is 37.5 Å². The molecule has 0 saturated heterocycles. The van der Waals surface area contributed by atoms with Crippen molar-refractivity contribution in [2.75, 3.05) is 20.7 Å². The van der Waals surface area contributed by atoms with Crippen molar-refractivity contribution in [1.82, 2.24) is 15.3 Å². The number of hydrogen-bond donors (Lipinski definition) is 2. The van der Waals surface area contributed by atoms with Crippen LogP contribution in [0.25, 0.3) is 11.3 Å². The number of H-pyrrole nitrogens is 1. The number of nitrogens with zero attached hydrogens (tertiary/aromatic N) is 1. The fourth-order valence-electron chi connectivity index (χ4n) is 2.23. The molecular weight excluding hydrogens is 238 g/mol. The second-order valence-electron chi connectivity index (χ2n) is 4.55. The number of aromatic nitrogens is 2. The summed E-state index contributed by atoms with van der Waals surface area (Å²) in [6.45, 7) is 3.10. The van der Waals surface area contributed by atoms with Crippen molar-refractivity contribution in [1.29, 1.82) is 0 Å². The molecule has 0 amide bonds. The van der Waals surface area contributed by atoms with E-state index >= 15 is 0 Å². The highest BCUT2D eigenvalue weighted by atomic mass is 16.5. The molecule has 0 saturated carbocycles. The number of aromatic amines is 1. The summed E-state index contributed by atoms with van der Waals surface area (Å²) in [4.78, 5) is 7.92. The Labute approximate surface area is 114 Å². The molecule has 2 rings (SSSR count). The Morgan fingerprint density at radius 3 is 2.84 bits per heavy atom. The first-order valence-corrected chi connectivity index (χ1v) is 6.63. The van der Waals surface area contributed by atoms with Crippen LogP contribution < -0.4 is 10.1 Å². The number of nitrogens with one attached hydrogen (secondary N) is 2. The van der Waals surface area contributed by atoms with Gasteiger partial charge in [-0.15, -0.1) is 0 Å². The van der Waals surface area contributed by atoms with E-state index in [4.69, 9.17) is 4.74 Å². The number of benzene rings is 1. The van der Waals surface area contributed by atoms with E-state index < -0.39 is 0 Å². The lowest BCUT2D eigenvalue weighted by Gasteiger charge is -2.11. The normalized spacial score (nSPS) is 12.4. The Hall–Kier alpha value is -1.81. The van der Waals surface area contributed by atoms with E-state index in [2.05, 4.69) is 22.2 Å². The van der Waals surface area contributed by atoms with E-state index in [0.717, 1.165) is 35.8 Å². The van der Waals surface area contributed by atoms with Gasteiger partial charge in [-0.3, -0.25) is 0 Å². The van der Waals surface area contributed by atoms with Gasteiger partial charge in [-0.05, 0) is 25.6 Å². The molecule has 1 unspecified atom stereocenters. The molecular formula is C15H21N3O. The average molecular weight is 259 g/mol. The molecule has 4 nitrogen and oxygen atoms in total. The summed E-state index contributed by atoms with van der Waals surface area (Å²) in [7, 11) is 3.65. The maximum absolute atomic E-state index is 5.38. The van der Waals surface area contributed by atoms with Gasteiger partial charge in [-0.25, -0.2) is 4.98 Å². The third kappa shape index (κ3) is 2.96. The van der Waals surface area contributed by atoms with Gasteiger partial charge in [-0.1, -0.05) is 19.1 Å². The molecule has 0 fully saturated rings. The van der Waals surface area contributed by atoms with Gasteiger partial charge in [0.25, 0.3) is 0 Å². The molecule has 1 heterocycles. The lowest BCUT2D eigenvalue weighted by molar-refractivity contribution is 0.416. The zero-order valence-electron chi connectivity index (χ0n) is 11.7. The summed E-state index contributed by atoms with van der Waals surface area (Å²) >= 11 is 0. The summed E-state index contributed by atoms with van der Waals surface area (Å²) in [5, 5.41) is 3.20. The number of para-hydroxylation sites is 1. The Morgan fingerprint density at radius 1 is 1.37 bits per heavy atom. The fourth-order valence-corrected chi connectivity index (χ4v) is 2.23. The first-order valence-electron chi connectivity index (χ1n) is 6.63. The highest BCUT2D eigenvalue weighted by Gasteiger charge is 2.14. The van der Waals surface area contributed by atoms with Crippen LogP contribution in [0.1, 0.15) is 25.1 Å². The first-order chi connectivity index (χ1) is 9.30. The van der Waals surface area contributed by atoms with Crippen molar-refractivity contribution in [3.05, 3.63) is 36.3 Å². The topological polar surface area (TPSA) is 49.9 Å². The van der Waals surface area contributed by atoms with Crippen LogP contribution in [0.15, 0.2) is 30.5 Å². The van der Waals surface area contributed by atoms with Crippen molar-refractivity contribution in [3.63, 3.8) is 0 Å². The number of likely N-dealkylation sites (N-methyl/N-ethyl adjacent to an activating group) is 1. The Bertz CT molecular complexity index is 522. The standard InChI is InChI=1S/C15H21N3O/c1-4-11(9-16-2)15-17-10-13(18-15)12-7-5-6-8-14(12)19-3/h5-8,10-11,16H,4,9H2,1-3H3,(H,17,18). The Balaban J connectivity index is 2.30. The van der Waals surface area contributed by atoms with Gasteiger partial charge in [0.1, 0.15) is 11.6 Å². The second kappa shape index (κ2) is 6.38. The number of hydrogen-bond acceptors (Lipinski definition) is 3. The number of imidazole rings is 1. The minimum atomic E-state index is 0.411. The van der Waals surface area contributed by atoms with Gasteiger partial charge in [0.05, 0.1) is 19.0 Å². The minimum absolute atomic E-state index is 0.411. The SMILES string of the molecule is CCC(CNC)c1ncc(-c2ccccc2OC)[nH]1. The lowest BCUT2D eigenvalue weighted by atomic mass is 10.1. The highest BCUT2D eigenvalue weighted by Crippen LogP contribution is 2.29. The van der Waals surface area contributed by atoms with Crippen LogP contribution in [0, 0.1) is 0 Å². The quantitative estimate of drug-likeness (QED) is 0.838. The van der Waals surface area contributed by atoms with Gasteiger partial charge in [0.2, 0.25) is 0 Å². The molecule has 0 radical (unpaired) electrons. The zero-order chi connectivity index (χ0) is 13.7. The third-order valence-corrected chi connectivity index (χ3v) is 3.32. The highest BCUT2D eigenvalue weighted by molar-refractivity contribution is 5.66. The lowest BCUT2D eigenvalue weighted by Crippen LogP contribution is -2.17. The van der Waals surface area contributed by atoms with Crippen LogP contribution >= 0.6 is 0 Å². The largest absolute Gasteiger partial charge is 0.496 e. The first kappa shape index (κ1) is 13.6. The summed E-state index contributed by atoms with van der Waals surface area (Å²) in [6, 6.07) is 7.97. The van der Waals surface area contributed by atoms with Gasteiger partial charge >= 0.3 is 0 Å². The Morgan fingerprint density at radius 2 is 2.16 bits per heavy atom. The van der Waals surface area contributed by atoms with Crippen molar-refractivity contribution in [2.24, 2.45) is 0 Å². The number of rotatable bonds is 6. The van der Waals surface area contributed by atoms with E-state index in [-0.39, 0.29) is 0 Å². The van der Waals surface area contributed by atoms with Gasteiger partial charge < -0.3 is 15.0 Å². The Kier molecular flexibility index (Phi) is 4.58.